The molecule has 1 amide bonds. The van der Waals surface area contributed by atoms with Crippen LogP contribution < -0.4 is 5.73 Å². The number of aliphatic hydroxyl groups is 1. The summed E-state index contributed by atoms with van der Waals surface area (Å²) in [5, 5.41) is 13.6. The molecular weight excluding hydrogens is 384 g/mol. The molecule has 1 aromatic rings. The van der Waals surface area contributed by atoms with Gasteiger partial charge in [-0.3, -0.25) is 4.79 Å². The minimum absolute atomic E-state index is 0.0690. The van der Waals surface area contributed by atoms with Crippen molar-refractivity contribution in [2.24, 2.45) is 11.7 Å². The van der Waals surface area contributed by atoms with E-state index in [2.05, 4.69) is 5.16 Å². The molecule has 28 heavy (non-hydrogen) atoms. The van der Waals surface area contributed by atoms with E-state index in [0.29, 0.717) is 30.7 Å². The standard InChI is InChI=1S/C19H32N2O6S/c1-18(2,11-22)16-9-15(27-21-16)13-8-12(6-7-14(13)26-5)10-28(24,25)19(3,4)17(20)23/h9,12-14,22H,6-8,10-11H2,1-5H3,(H2,20,23). The van der Waals surface area contributed by atoms with Crippen molar-refractivity contribution in [3.63, 3.8) is 0 Å². The number of nitrogens with two attached hydrogens (primary N) is 1. The summed E-state index contributed by atoms with van der Waals surface area (Å²) in [4.78, 5) is 11.6. The minimum atomic E-state index is -3.71. The van der Waals surface area contributed by atoms with E-state index >= 15 is 0 Å². The smallest absolute Gasteiger partial charge is 0.238 e. The van der Waals surface area contributed by atoms with Crippen LogP contribution in [0.5, 0.6) is 0 Å². The highest BCUT2D eigenvalue weighted by Crippen LogP contribution is 2.40. The van der Waals surface area contributed by atoms with Gasteiger partial charge in [-0.25, -0.2) is 8.42 Å². The fraction of sp³-hybridized carbons (Fsp3) is 0.789. The van der Waals surface area contributed by atoms with E-state index in [1.807, 2.05) is 19.9 Å². The van der Waals surface area contributed by atoms with Crippen LogP contribution in [-0.4, -0.2) is 54.9 Å². The van der Waals surface area contributed by atoms with Gasteiger partial charge in [-0.1, -0.05) is 19.0 Å². The SMILES string of the molecule is COC1CCC(CS(=O)(=O)C(C)(C)C(N)=O)CC1c1cc(C(C)(C)CO)no1. The maximum absolute atomic E-state index is 12.7. The molecule has 0 spiro atoms. The molecule has 0 saturated heterocycles. The molecule has 0 bridgehead atoms. The number of ether oxygens (including phenoxy) is 1. The third-order valence-electron chi connectivity index (χ3n) is 6.01. The Kier molecular flexibility index (Phi) is 6.62. The van der Waals surface area contributed by atoms with E-state index < -0.39 is 25.9 Å². The van der Waals surface area contributed by atoms with E-state index in [0.717, 1.165) is 0 Å². The number of methoxy groups -OCH3 is 1. The van der Waals surface area contributed by atoms with Gasteiger partial charge in [-0.15, -0.1) is 0 Å². The number of carbonyl (C=O) groups is 1. The Morgan fingerprint density at radius 2 is 2.00 bits per heavy atom. The van der Waals surface area contributed by atoms with Crippen LogP contribution in [-0.2, 0) is 24.8 Å². The van der Waals surface area contributed by atoms with Gasteiger partial charge >= 0.3 is 0 Å². The molecule has 0 aliphatic heterocycles. The second kappa shape index (κ2) is 8.12. The van der Waals surface area contributed by atoms with E-state index in [9.17, 15) is 18.3 Å². The average Bonchev–Trinajstić information content (AvgIpc) is 3.12. The topological polar surface area (TPSA) is 133 Å². The lowest BCUT2D eigenvalue weighted by molar-refractivity contribution is -0.119. The summed E-state index contributed by atoms with van der Waals surface area (Å²) in [6.07, 6.45) is 1.78. The normalized spacial score (nSPS) is 24.3. The molecular formula is C19H32N2O6S. The van der Waals surface area contributed by atoms with Crippen molar-refractivity contribution in [2.45, 2.75) is 69.1 Å². The first kappa shape index (κ1) is 22.8. The first-order chi connectivity index (χ1) is 12.9. The number of primary amides is 1. The zero-order chi connectivity index (χ0) is 21.3. The molecule has 9 heteroatoms. The van der Waals surface area contributed by atoms with E-state index in [-0.39, 0.29) is 30.3 Å². The van der Waals surface area contributed by atoms with Crippen LogP contribution in [0.15, 0.2) is 10.6 Å². The highest BCUT2D eigenvalue weighted by molar-refractivity contribution is 7.93. The predicted octanol–water partition coefficient (Wildman–Crippen LogP) is 1.52. The van der Waals surface area contributed by atoms with E-state index in [1.165, 1.54) is 13.8 Å². The van der Waals surface area contributed by atoms with Gasteiger partial charge in [-0.05, 0) is 39.0 Å². The minimum Gasteiger partial charge on any atom is -0.395 e. The quantitative estimate of drug-likeness (QED) is 0.656. The van der Waals surface area contributed by atoms with Crippen molar-refractivity contribution in [3.05, 3.63) is 17.5 Å². The number of aromatic nitrogens is 1. The molecule has 1 aliphatic carbocycles. The van der Waals surface area contributed by atoms with Gasteiger partial charge in [0.2, 0.25) is 5.91 Å². The number of hydrogen-bond donors (Lipinski definition) is 2. The van der Waals surface area contributed by atoms with Crippen LogP contribution in [0.25, 0.3) is 0 Å². The molecule has 160 valence electrons. The van der Waals surface area contributed by atoms with Gasteiger partial charge in [0.15, 0.2) is 9.84 Å². The molecule has 1 saturated carbocycles. The summed E-state index contributed by atoms with van der Waals surface area (Å²) < 4.78 is 35.0. The number of rotatable bonds is 8. The molecule has 3 unspecified atom stereocenters. The molecule has 1 fully saturated rings. The third kappa shape index (κ3) is 4.41. The molecule has 2 rings (SSSR count). The number of carbonyl (C=O) groups excluding carboxylic acids is 1. The molecule has 0 radical (unpaired) electrons. The Morgan fingerprint density at radius 1 is 1.36 bits per heavy atom. The van der Waals surface area contributed by atoms with Gasteiger partial charge in [0, 0.05) is 24.5 Å². The number of hydrogen-bond acceptors (Lipinski definition) is 7. The molecule has 1 heterocycles. The lowest BCUT2D eigenvalue weighted by Gasteiger charge is -2.35. The van der Waals surface area contributed by atoms with Crippen molar-refractivity contribution in [3.8, 4) is 0 Å². The number of amides is 1. The lowest BCUT2D eigenvalue weighted by Crippen LogP contribution is -2.48. The van der Waals surface area contributed by atoms with Crippen molar-refractivity contribution in [1.82, 2.24) is 5.16 Å². The maximum Gasteiger partial charge on any atom is 0.238 e. The van der Waals surface area contributed by atoms with Crippen LogP contribution in [0.1, 0.15) is 64.3 Å². The highest BCUT2D eigenvalue weighted by Gasteiger charge is 2.43. The van der Waals surface area contributed by atoms with Crippen molar-refractivity contribution in [1.29, 1.82) is 0 Å². The van der Waals surface area contributed by atoms with Gasteiger partial charge in [0.25, 0.3) is 0 Å². The van der Waals surface area contributed by atoms with Crippen LogP contribution in [0.2, 0.25) is 0 Å². The Morgan fingerprint density at radius 3 is 2.54 bits per heavy atom. The summed E-state index contributed by atoms with van der Waals surface area (Å²) in [6, 6.07) is 1.82. The van der Waals surface area contributed by atoms with Crippen molar-refractivity contribution < 1.29 is 27.6 Å². The second-order valence-electron chi connectivity index (χ2n) is 8.87. The Hall–Kier alpha value is -1.45. The van der Waals surface area contributed by atoms with Crippen molar-refractivity contribution >= 4 is 15.7 Å². The summed E-state index contributed by atoms with van der Waals surface area (Å²) in [5.41, 5.74) is 5.41. The summed E-state index contributed by atoms with van der Waals surface area (Å²) >= 11 is 0. The fourth-order valence-corrected chi connectivity index (χ4v) is 5.15. The maximum atomic E-state index is 12.7. The Bertz CT molecular complexity index is 799. The Balaban J connectivity index is 2.23. The molecule has 1 aliphatic rings. The largest absolute Gasteiger partial charge is 0.395 e. The second-order valence-corrected chi connectivity index (χ2v) is 11.5. The molecule has 1 aromatic heterocycles. The van der Waals surface area contributed by atoms with Crippen LogP contribution in [0, 0.1) is 5.92 Å². The van der Waals surface area contributed by atoms with Gasteiger partial charge in [0.05, 0.1) is 24.2 Å². The van der Waals surface area contributed by atoms with Gasteiger partial charge in [-0.2, -0.15) is 0 Å². The zero-order valence-corrected chi connectivity index (χ0v) is 18.1. The number of sulfone groups is 1. The fourth-order valence-electron chi connectivity index (χ4n) is 3.50. The summed E-state index contributed by atoms with van der Waals surface area (Å²) in [6.45, 7) is 6.36. The molecule has 0 aromatic carbocycles. The molecule has 8 nitrogen and oxygen atoms in total. The first-order valence-corrected chi connectivity index (χ1v) is 11.1. The van der Waals surface area contributed by atoms with E-state index in [4.69, 9.17) is 15.0 Å². The van der Waals surface area contributed by atoms with Crippen LogP contribution in [0.3, 0.4) is 0 Å². The zero-order valence-electron chi connectivity index (χ0n) is 17.3. The average molecular weight is 417 g/mol. The molecule has 3 N–H and O–H groups in total. The molecule has 3 atom stereocenters. The summed E-state index contributed by atoms with van der Waals surface area (Å²) in [5.74, 6) is -0.620. The van der Waals surface area contributed by atoms with Crippen LogP contribution in [0.4, 0.5) is 0 Å². The number of aliphatic hydroxyl groups excluding tert-OH is 1. The third-order valence-corrected chi connectivity index (χ3v) is 8.67. The van der Waals surface area contributed by atoms with Crippen LogP contribution >= 0.6 is 0 Å². The lowest BCUT2D eigenvalue weighted by atomic mass is 9.78. The monoisotopic (exact) mass is 416 g/mol. The van der Waals surface area contributed by atoms with Gasteiger partial charge in [0.1, 0.15) is 10.5 Å². The number of nitrogens with zero attached hydrogens (tertiary/aromatic N) is 1. The summed E-state index contributed by atoms with van der Waals surface area (Å²) in [7, 11) is -2.08. The van der Waals surface area contributed by atoms with Crippen molar-refractivity contribution in [2.75, 3.05) is 19.5 Å². The highest BCUT2D eigenvalue weighted by atomic mass is 32.2. The predicted molar refractivity (Wildman–Crippen MR) is 105 cm³/mol. The Labute approximate surface area is 166 Å². The van der Waals surface area contributed by atoms with E-state index in [1.54, 1.807) is 7.11 Å². The van der Waals surface area contributed by atoms with Gasteiger partial charge < -0.3 is 20.1 Å². The first-order valence-electron chi connectivity index (χ1n) is 9.48.